The Morgan fingerprint density at radius 1 is 1.69 bits per heavy atom. The third-order valence-corrected chi connectivity index (χ3v) is 2.76. The van der Waals surface area contributed by atoms with Gasteiger partial charge in [-0.2, -0.15) is 0 Å². The number of pyridine rings is 1. The first kappa shape index (κ1) is 13.1. The molecule has 5 heteroatoms. The van der Waals surface area contributed by atoms with E-state index in [2.05, 4.69) is 26.2 Å². The van der Waals surface area contributed by atoms with Crippen LogP contribution in [0, 0.1) is 5.82 Å². The standard InChI is InChI=1S/C11H14BrFN2O/c1-2-8(3-5-12)15-11(16)9-4-6-14-7-10(9)13/h4,6-8H,2-3,5H2,1H3,(H,15,16). The average molecular weight is 289 g/mol. The first-order chi connectivity index (χ1) is 7.69. The summed E-state index contributed by atoms with van der Waals surface area (Å²) in [4.78, 5) is 15.3. The Bertz CT molecular complexity index is 360. The number of amides is 1. The molecule has 1 amide bonds. The van der Waals surface area contributed by atoms with Crippen LogP contribution < -0.4 is 5.32 Å². The van der Waals surface area contributed by atoms with Crippen LogP contribution in [0.3, 0.4) is 0 Å². The van der Waals surface area contributed by atoms with Crippen molar-refractivity contribution >= 4 is 21.8 Å². The number of carbonyl (C=O) groups excluding carboxylic acids is 1. The van der Waals surface area contributed by atoms with E-state index in [1.54, 1.807) is 0 Å². The van der Waals surface area contributed by atoms with Crippen LogP contribution in [0.25, 0.3) is 0 Å². The lowest BCUT2D eigenvalue weighted by Gasteiger charge is -2.15. The molecule has 0 bridgehead atoms. The number of aromatic nitrogens is 1. The highest BCUT2D eigenvalue weighted by Gasteiger charge is 2.14. The molecule has 0 aliphatic carbocycles. The Morgan fingerprint density at radius 3 is 3.00 bits per heavy atom. The Hall–Kier alpha value is -0.970. The number of rotatable bonds is 5. The first-order valence-electron chi connectivity index (χ1n) is 5.15. The van der Waals surface area contributed by atoms with Crippen LogP contribution in [-0.2, 0) is 0 Å². The molecule has 1 unspecified atom stereocenters. The predicted octanol–water partition coefficient (Wildman–Crippen LogP) is 2.51. The second-order valence-electron chi connectivity index (χ2n) is 3.41. The van der Waals surface area contributed by atoms with Crippen molar-refractivity contribution in [2.45, 2.75) is 25.8 Å². The highest BCUT2D eigenvalue weighted by atomic mass is 79.9. The molecule has 0 saturated carbocycles. The molecule has 0 aliphatic heterocycles. The number of hydrogen-bond acceptors (Lipinski definition) is 2. The monoisotopic (exact) mass is 288 g/mol. The summed E-state index contributed by atoms with van der Waals surface area (Å²) in [5.41, 5.74) is 0.0445. The Labute approximate surface area is 103 Å². The quantitative estimate of drug-likeness (QED) is 0.846. The van der Waals surface area contributed by atoms with Gasteiger partial charge in [-0.3, -0.25) is 9.78 Å². The van der Waals surface area contributed by atoms with Crippen molar-refractivity contribution in [1.82, 2.24) is 10.3 Å². The van der Waals surface area contributed by atoms with Gasteiger partial charge < -0.3 is 5.32 Å². The van der Waals surface area contributed by atoms with Gasteiger partial charge in [-0.05, 0) is 18.9 Å². The Kier molecular flexibility index (Phi) is 5.38. The van der Waals surface area contributed by atoms with Gasteiger partial charge in [-0.15, -0.1) is 0 Å². The molecule has 0 radical (unpaired) electrons. The zero-order chi connectivity index (χ0) is 12.0. The fourth-order valence-electron chi connectivity index (χ4n) is 1.33. The van der Waals surface area contributed by atoms with Gasteiger partial charge in [0.2, 0.25) is 0 Å². The van der Waals surface area contributed by atoms with Gasteiger partial charge >= 0.3 is 0 Å². The topological polar surface area (TPSA) is 42.0 Å². The van der Waals surface area contributed by atoms with Gasteiger partial charge in [-0.1, -0.05) is 22.9 Å². The fourth-order valence-corrected chi connectivity index (χ4v) is 1.89. The van der Waals surface area contributed by atoms with Crippen LogP contribution in [0.1, 0.15) is 30.1 Å². The average Bonchev–Trinajstić information content (AvgIpc) is 2.28. The SMILES string of the molecule is CCC(CCBr)NC(=O)c1ccncc1F. The maximum absolute atomic E-state index is 13.2. The first-order valence-corrected chi connectivity index (χ1v) is 6.27. The molecule has 0 aromatic carbocycles. The zero-order valence-electron chi connectivity index (χ0n) is 9.04. The molecule has 88 valence electrons. The van der Waals surface area contributed by atoms with Gasteiger partial charge in [0, 0.05) is 17.6 Å². The van der Waals surface area contributed by atoms with Crippen LogP contribution in [-0.4, -0.2) is 22.3 Å². The number of carbonyl (C=O) groups is 1. The van der Waals surface area contributed by atoms with Gasteiger partial charge in [-0.25, -0.2) is 4.39 Å². The minimum atomic E-state index is -0.589. The number of halogens is 2. The third-order valence-electron chi connectivity index (χ3n) is 2.30. The van der Waals surface area contributed by atoms with Gasteiger partial charge in [0.15, 0.2) is 5.82 Å². The lowest BCUT2D eigenvalue weighted by molar-refractivity contribution is 0.0931. The van der Waals surface area contributed by atoms with E-state index in [4.69, 9.17) is 0 Å². The lowest BCUT2D eigenvalue weighted by atomic mass is 10.1. The Morgan fingerprint density at radius 2 is 2.44 bits per heavy atom. The second kappa shape index (κ2) is 6.58. The summed E-state index contributed by atoms with van der Waals surface area (Å²) < 4.78 is 13.2. The third kappa shape index (κ3) is 3.56. The van der Waals surface area contributed by atoms with Crippen molar-refractivity contribution in [1.29, 1.82) is 0 Å². The summed E-state index contributed by atoms with van der Waals surface area (Å²) in [5, 5.41) is 3.60. The van der Waals surface area contributed by atoms with E-state index >= 15 is 0 Å². The van der Waals surface area contributed by atoms with E-state index in [0.717, 1.165) is 24.4 Å². The van der Waals surface area contributed by atoms with Gasteiger partial charge in [0.25, 0.3) is 5.91 Å². The summed E-state index contributed by atoms with van der Waals surface area (Å²) >= 11 is 3.32. The molecule has 0 fully saturated rings. The molecular formula is C11H14BrFN2O. The molecule has 16 heavy (non-hydrogen) atoms. The number of nitrogens with zero attached hydrogens (tertiary/aromatic N) is 1. The smallest absolute Gasteiger partial charge is 0.254 e. The molecule has 0 saturated heterocycles. The van der Waals surface area contributed by atoms with Crippen molar-refractivity contribution in [3.63, 3.8) is 0 Å². The molecule has 1 N–H and O–H groups in total. The second-order valence-corrected chi connectivity index (χ2v) is 4.20. The van der Waals surface area contributed by atoms with Crippen LogP contribution >= 0.6 is 15.9 Å². The number of alkyl halides is 1. The highest BCUT2D eigenvalue weighted by Crippen LogP contribution is 2.07. The zero-order valence-corrected chi connectivity index (χ0v) is 10.6. The largest absolute Gasteiger partial charge is 0.349 e. The van der Waals surface area contributed by atoms with Crippen LogP contribution in [0.15, 0.2) is 18.5 Å². The maximum atomic E-state index is 13.2. The van der Waals surface area contributed by atoms with E-state index in [9.17, 15) is 9.18 Å². The van der Waals surface area contributed by atoms with Crippen molar-refractivity contribution in [3.8, 4) is 0 Å². The van der Waals surface area contributed by atoms with Crippen LogP contribution in [0.5, 0.6) is 0 Å². The molecule has 3 nitrogen and oxygen atoms in total. The molecule has 1 aromatic rings. The molecule has 1 aromatic heterocycles. The summed E-state index contributed by atoms with van der Waals surface area (Å²) in [7, 11) is 0. The minimum Gasteiger partial charge on any atom is -0.349 e. The van der Waals surface area contributed by atoms with Crippen molar-refractivity contribution in [2.24, 2.45) is 0 Å². The summed E-state index contributed by atoms with van der Waals surface area (Å²) in [6, 6.07) is 1.45. The summed E-state index contributed by atoms with van der Waals surface area (Å²) in [5.74, 6) is -0.971. The molecule has 1 rings (SSSR count). The van der Waals surface area contributed by atoms with Crippen molar-refractivity contribution in [3.05, 3.63) is 29.8 Å². The summed E-state index contributed by atoms with van der Waals surface area (Å²) in [6.45, 7) is 1.98. The number of nitrogens with one attached hydrogen (secondary N) is 1. The van der Waals surface area contributed by atoms with Crippen molar-refractivity contribution in [2.75, 3.05) is 5.33 Å². The lowest BCUT2D eigenvalue weighted by Crippen LogP contribution is -2.35. The molecule has 1 heterocycles. The van der Waals surface area contributed by atoms with Gasteiger partial charge in [0.05, 0.1) is 11.8 Å². The maximum Gasteiger partial charge on any atom is 0.254 e. The molecule has 1 atom stereocenters. The minimum absolute atomic E-state index is 0.0445. The predicted molar refractivity (Wildman–Crippen MR) is 64.2 cm³/mol. The highest BCUT2D eigenvalue weighted by molar-refractivity contribution is 9.09. The van der Waals surface area contributed by atoms with Gasteiger partial charge in [0.1, 0.15) is 0 Å². The van der Waals surface area contributed by atoms with E-state index in [-0.39, 0.29) is 17.5 Å². The van der Waals surface area contributed by atoms with E-state index in [0.29, 0.717) is 0 Å². The summed E-state index contributed by atoms with van der Waals surface area (Å²) in [6.07, 6.45) is 4.10. The molecule has 0 aliphatic rings. The van der Waals surface area contributed by atoms with Crippen molar-refractivity contribution < 1.29 is 9.18 Å². The van der Waals surface area contributed by atoms with Crippen LogP contribution in [0.4, 0.5) is 4.39 Å². The fraction of sp³-hybridized carbons (Fsp3) is 0.455. The molecular weight excluding hydrogens is 275 g/mol. The number of hydrogen-bond donors (Lipinski definition) is 1. The van der Waals surface area contributed by atoms with E-state index < -0.39 is 5.82 Å². The van der Waals surface area contributed by atoms with Crippen LogP contribution in [0.2, 0.25) is 0 Å². The van der Waals surface area contributed by atoms with E-state index in [1.807, 2.05) is 6.92 Å². The Balaban J connectivity index is 2.68. The molecule has 0 spiro atoms. The van der Waals surface area contributed by atoms with E-state index in [1.165, 1.54) is 12.3 Å². The normalized spacial score (nSPS) is 12.2.